The van der Waals surface area contributed by atoms with Crippen LogP contribution in [0.15, 0.2) is 12.4 Å². The molecule has 1 fully saturated rings. The van der Waals surface area contributed by atoms with Gasteiger partial charge in [-0.15, -0.1) is 11.6 Å². The van der Waals surface area contributed by atoms with Gasteiger partial charge in [0, 0.05) is 18.5 Å². The summed E-state index contributed by atoms with van der Waals surface area (Å²) in [7, 11) is 1.59. The maximum Gasteiger partial charge on any atom is 0.218 e. The maximum absolute atomic E-state index is 5.90. The van der Waals surface area contributed by atoms with Crippen LogP contribution in [-0.4, -0.2) is 48.8 Å². The fourth-order valence-electron chi connectivity index (χ4n) is 1.68. The molecule has 1 aliphatic heterocycles. The number of halogens is 1. The molecule has 1 aromatic rings. The molecule has 0 radical (unpaired) electrons. The Morgan fingerprint density at radius 1 is 1.62 bits per heavy atom. The molecule has 2 heterocycles. The highest BCUT2D eigenvalue weighted by Gasteiger charge is 2.23. The van der Waals surface area contributed by atoms with Gasteiger partial charge < -0.3 is 14.4 Å². The fraction of sp³-hybridized carbons (Fsp3) is 0.600. The van der Waals surface area contributed by atoms with Crippen molar-refractivity contribution in [1.29, 1.82) is 0 Å². The van der Waals surface area contributed by atoms with E-state index in [4.69, 9.17) is 21.1 Å². The Balaban J connectivity index is 2.20. The lowest BCUT2D eigenvalue weighted by Crippen LogP contribution is -2.47. The molecule has 0 aromatic carbocycles. The Bertz CT molecular complexity index is 351. The van der Waals surface area contributed by atoms with Gasteiger partial charge in [0.2, 0.25) is 5.88 Å². The predicted molar refractivity (Wildman–Crippen MR) is 61.3 cm³/mol. The minimum absolute atomic E-state index is 0.162. The minimum atomic E-state index is 0.162. The number of hydrogen-bond donors (Lipinski definition) is 0. The maximum atomic E-state index is 5.90. The first kappa shape index (κ1) is 11.4. The largest absolute Gasteiger partial charge is 0.481 e. The highest BCUT2D eigenvalue weighted by atomic mass is 35.5. The van der Waals surface area contributed by atoms with Crippen LogP contribution in [0.1, 0.15) is 0 Å². The second kappa shape index (κ2) is 5.32. The Morgan fingerprint density at radius 3 is 3.25 bits per heavy atom. The molecule has 0 spiro atoms. The average molecular weight is 244 g/mol. The molecular formula is C10H14ClN3O2. The number of aromatic nitrogens is 2. The zero-order valence-corrected chi connectivity index (χ0v) is 9.85. The van der Waals surface area contributed by atoms with Crippen molar-refractivity contribution in [2.24, 2.45) is 0 Å². The van der Waals surface area contributed by atoms with Gasteiger partial charge in [0.05, 0.1) is 26.4 Å². The lowest BCUT2D eigenvalue weighted by Gasteiger charge is -2.35. The van der Waals surface area contributed by atoms with Crippen LogP contribution < -0.4 is 9.64 Å². The van der Waals surface area contributed by atoms with Gasteiger partial charge in [-0.25, -0.2) is 9.97 Å². The summed E-state index contributed by atoms with van der Waals surface area (Å²) in [5, 5.41) is 0. The Labute approximate surface area is 99.3 Å². The number of methoxy groups -OCH3 is 1. The highest BCUT2D eigenvalue weighted by Crippen LogP contribution is 2.20. The highest BCUT2D eigenvalue weighted by molar-refractivity contribution is 6.18. The average Bonchev–Trinajstić information content (AvgIpc) is 2.38. The first-order valence-electron chi connectivity index (χ1n) is 5.11. The predicted octanol–water partition coefficient (Wildman–Crippen LogP) is 0.929. The van der Waals surface area contributed by atoms with Crippen molar-refractivity contribution in [2.45, 2.75) is 6.04 Å². The number of hydrogen-bond acceptors (Lipinski definition) is 5. The molecule has 0 bridgehead atoms. The van der Waals surface area contributed by atoms with E-state index in [-0.39, 0.29) is 6.04 Å². The fourth-order valence-corrected chi connectivity index (χ4v) is 1.94. The smallest absolute Gasteiger partial charge is 0.218 e. The minimum Gasteiger partial charge on any atom is -0.481 e. The molecule has 1 aromatic heterocycles. The van der Waals surface area contributed by atoms with E-state index in [1.54, 1.807) is 7.11 Å². The third kappa shape index (κ3) is 2.36. The Morgan fingerprint density at radius 2 is 2.50 bits per heavy atom. The van der Waals surface area contributed by atoms with Crippen LogP contribution >= 0.6 is 11.6 Å². The van der Waals surface area contributed by atoms with E-state index in [1.165, 1.54) is 6.33 Å². The van der Waals surface area contributed by atoms with Crippen LogP contribution in [0.2, 0.25) is 0 Å². The Hall–Kier alpha value is -1.07. The van der Waals surface area contributed by atoms with E-state index in [2.05, 4.69) is 14.9 Å². The second-order valence-electron chi connectivity index (χ2n) is 3.50. The van der Waals surface area contributed by atoms with Crippen LogP contribution in [0, 0.1) is 0 Å². The van der Waals surface area contributed by atoms with E-state index in [9.17, 15) is 0 Å². The summed E-state index contributed by atoms with van der Waals surface area (Å²) in [5.41, 5.74) is 0. The molecule has 0 N–H and O–H groups in total. The standard InChI is InChI=1S/C10H14ClN3O2/c1-15-10-4-9(12-7-13-10)14-2-3-16-6-8(14)5-11/h4,7-8H,2-3,5-6H2,1H3. The molecule has 1 unspecified atom stereocenters. The number of morpholine rings is 1. The third-order valence-electron chi connectivity index (χ3n) is 2.54. The molecular weight excluding hydrogens is 230 g/mol. The molecule has 0 aliphatic carbocycles. The summed E-state index contributed by atoms with van der Waals surface area (Å²) < 4.78 is 10.5. The van der Waals surface area contributed by atoms with Gasteiger partial charge in [0.25, 0.3) is 0 Å². The molecule has 88 valence electrons. The van der Waals surface area contributed by atoms with Gasteiger partial charge in [-0.3, -0.25) is 0 Å². The molecule has 16 heavy (non-hydrogen) atoms. The van der Waals surface area contributed by atoms with Gasteiger partial charge in [-0.05, 0) is 0 Å². The van der Waals surface area contributed by atoms with Gasteiger partial charge in [0.15, 0.2) is 0 Å². The van der Waals surface area contributed by atoms with E-state index < -0.39 is 0 Å². The number of ether oxygens (including phenoxy) is 2. The van der Waals surface area contributed by atoms with E-state index in [0.29, 0.717) is 25.0 Å². The van der Waals surface area contributed by atoms with Crippen molar-refractivity contribution in [2.75, 3.05) is 37.6 Å². The Kier molecular flexibility index (Phi) is 3.79. The normalized spacial score (nSPS) is 20.9. The summed E-state index contributed by atoms with van der Waals surface area (Å²) in [6.07, 6.45) is 1.49. The van der Waals surface area contributed by atoms with Crippen molar-refractivity contribution in [3.8, 4) is 5.88 Å². The van der Waals surface area contributed by atoms with Gasteiger partial charge in [0.1, 0.15) is 12.1 Å². The van der Waals surface area contributed by atoms with Gasteiger partial charge in [-0.2, -0.15) is 0 Å². The lowest BCUT2D eigenvalue weighted by atomic mass is 10.2. The second-order valence-corrected chi connectivity index (χ2v) is 3.80. The van der Waals surface area contributed by atoms with Crippen molar-refractivity contribution in [3.63, 3.8) is 0 Å². The van der Waals surface area contributed by atoms with Crippen molar-refractivity contribution in [3.05, 3.63) is 12.4 Å². The van der Waals surface area contributed by atoms with E-state index in [1.807, 2.05) is 6.07 Å². The van der Waals surface area contributed by atoms with Gasteiger partial charge >= 0.3 is 0 Å². The van der Waals surface area contributed by atoms with E-state index in [0.717, 1.165) is 12.4 Å². The molecule has 0 saturated carbocycles. The summed E-state index contributed by atoms with van der Waals surface area (Å²) in [4.78, 5) is 10.3. The molecule has 2 rings (SSSR count). The molecule has 6 heteroatoms. The topological polar surface area (TPSA) is 47.5 Å². The molecule has 1 aliphatic rings. The number of alkyl halides is 1. The lowest BCUT2D eigenvalue weighted by molar-refractivity contribution is 0.0993. The zero-order chi connectivity index (χ0) is 11.4. The molecule has 0 amide bonds. The van der Waals surface area contributed by atoms with Crippen molar-refractivity contribution >= 4 is 17.4 Å². The summed E-state index contributed by atoms with van der Waals surface area (Å²) in [6, 6.07) is 1.97. The first-order valence-corrected chi connectivity index (χ1v) is 5.65. The van der Waals surface area contributed by atoms with Crippen molar-refractivity contribution in [1.82, 2.24) is 9.97 Å². The third-order valence-corrected chi connectivity index (χ3v) is 2.89. The quantitative estimate of drug-likeness (QED) is 0.740. The SMILES string of the molecule is COc1cc(N2CCOCC2CCl)ncn1. The van der Waals surface area contributed by atoms with Crippen LogP contribution in [0.5, 0.6) is 5.88 Å². The van der Waals surface area contributed by atoms with Crippen molar-refractivity contribution < 1.29 is 9.47 Å². The zero-order valence-electron chi connectivity index (χ0n) is 9.10. The number of nitrogens with zero attached hydrogens (tertiary/aromatic N) is 3. The van der Waals surface area contributed by atoms with Crippen LogP contribution in [0.4, 0.5) is 5.82 Å². The van der Waals surface area contributed by atoms with E-state index >= 15 is 0 Å². The first-order chi connectivity index (χ1) is 7.85. The van der Waals surface area contributed by atoms with Crippen LogP contribution in [-0.2, 0) is 4.74 Å². The molecule has 1 atom stereocenters. The van der Waals surface area contributed by atoms with Crippen LogP contribution in [0.25, 0.3) is 0 Å². The molecule has 5 nitrogen and oxygen atoms in total. The van der Waals surface area contributed by atoms with Crippen LogP contribution in [0.3, 0.4) is 0 Å². The summed E-state index contributed by atoms with van der Waals surface area (Å²) in [6.45, 7) is 2.12. The number of rotatable bonds is 3. The number of anilines is 1. The summed E-state index contributed by atoms with van der Waals surface area (Å²) >= 11 is 5.90. The van der Waals surface area contributed by atoms with Gasteiger partial charge in [-0.1, -0.05) is 0 Å². The summed E-state index contributed by atoms with van der Waals surface area (Å²) in [5.74, 6) is 1.91. The monoisotopic (exact) mass is 243 g/mol. The molecule has 1 saturated heterocycles.